The molecule has 1 aliphatic heterocycles. The van der Waals surface area contributed by atoms with Gasteiger partial charge in [-0.25, -0.2) is 4.68 Å². The van der Waals surface area contributed by atoms with Gasteiger partial charge in [-0.1, -0.05) is 12.8 Å². The quantitative estimate of drug-likeness (QED) is 0.852. The van der Waals surface area contributed by atoms with E-state index in [0.717, 1.165) is 6.54 Å². The summed E-state index contributed by atoms with van der Waals surface area (Å²) in [6.07, 6.45) is 6.52. The van der Waals surface area contributed by atoms with Crippen molar-refractivity contribution in [2.75, 3.05) is 11.9 Å². The van der Waals surface area contributed by atoms with Crippen LogP contribution in [0.4, 0.5) is 5.82 Å². The fourth-order valence-corrected chi connectivity index (χ4v) is 3.62. The Morgan fingerprint density at radius 1 is 1.31 bits per heavy atom. The normalized spacial score (nSPS) is 25.5. The standard InChI is InChI=1S/C12H18BrN3/c1-8-6-7-14-12-10(13)11(15-16(8)12)9-4-2-3-5-9/h8-9,14H,2-7H2,1H3. The van der Waals surface area contributed by atoms with Crippen molar-refractivity contribution in [2.45, 2.75) is 51.0 Å². The van der Waals surface area contributed by atoms with Crippen molar-refractivity contribution in [1.82, 2.24) is 9.78 Å². The Kier molecular flexibility index (Phi) is 2.70. The number of hydrogen-bond acceptors (Lipinski definition) is 2. The average Bonchev–Trinajstić information content (AvgIpc) is 2.88. The maximum Gasteiger partial charge on any atom is 0.139 e. The van der Waals surface area contributed by atoms with Crippen LogP contribution < -0.4 is 5.32 Å². The van der Waals surface area contributed by atoms with Crippen LogP contribution in [0.3, 0.4) is 0 Å². The van der Waals surface area contributed by atoms with Crippen LogP contribution in [0.1, 0.15) is 56.7 Å². The van der Waals surface area contributed by atoms with Crippen LogP contribution in [-0.4, -0.2) is 16.3 Å². The fraction of sp³-hybridized carbons (Fsp3) is 0.750. The van der Waals surface area contributed by atoms with Crippen LogP contribution in [0, 0.1) is 0 Å². The molecule has 0 spiro atoms. The molecule has 1 aromatic heterocycles. The van der Waals surface area contributed by atoms with E-state index < -0.39 is 0 Å². The molecule has 2 heterocycles. The summed E-state index contributed by atoms with van der Waals surface area (Å²) in [7, 11) is 0. The fourth-order valence-electron chi connectivity index (χ4n) is 2.89. The molecule has 3 rings (SSSR count). The number of rotatable bonds is 1. The van der Waals surface area contributed by atoms with E-state index in [2.05, 4.69) is 32.9 Å². The second-order valence-electron chi connectivity index (χ2n) is 5.04. The van der Waals surface area contributed by atoms with Crippen LogP contribution >= 0.6 is 15.9 Å². The van der Waals surface area contributed by atoms with Crippen molar-refractivity contribution in [2.24, 2.45) is 0 Å². The van der Waals surface area contributed by atoms with Crippen LogP contribution in [0.2, 0.25) is 0 Å². The third-order valence-electron chi connectivity index (χ3n) is 3.89. The van der Waals surface area contributed by atoms with E-state index in [1.54, 1.807) is 0 Å². The highest BCUT2D eigenvalue weighted by molar-refractivity contribution is 9.10. The molecule has 0 aromatic carbocycles. The lowest BCUT2D eigenvalue weighted by Gasteiger charge is -2.22. The summed E-state index contributed by atoms with van der Waals surface area (Å²) in [5.41, 5.74) is 1.29. The third-order valence-corrected chi connectivity index (χ3v) is 4.67. The summed E-state index contributed by atoms with van der Waals surface area (Å²) in [5, 5.41) is 8.28. The summed E-state index contributed by atoms with van der Waals surface area (Å²) in [5.74, 6) is 1.88. The molecule has 0 saturated heterocycles. The molecule has 4 heteroatoms. The van der Waals surface area contributed by atoms with E-state index in [4.69, 9.17) is 5.10 Å². The van der Waals surface area contributed by atoms with Gasteiger partial charge in [0, 0.05) is 12.5 Å². The maximum absolute atomic E-state index is 4.82. The smallest absolute Gasteiger partial charge is 0.139 e. The van der Waals surface area contributed by atoms with Gasteiger partial charge in [0.2, 0.25) is 0 Å². The van der Waals surface area contributed by atoms with Crippen molar-refractivity contribution in [3.8, 4) is 0 Å². The molecular weight excluding hydrogens is 266 g/mol. The van der Waals surface area contributed by atoms with Crippen molar-refractivity contribution in [3.63, 3.8) is 0 Å². The van der Waals surface area contributed by atoms with Gasteiger partial charge in [0.15, 0.2) is 0 Å². The number of halogens is 1. The first-order chi connectivity index (χ1) is 7.77. The summed E-state index contributed by atoms with van der Waals surface area (Å²) in [4.78, 5) is 0. The Bertz CT molecular complexity index is 393. The van der Waals surface area contributed by atoms with Gasteiger partial charge in [-0.15, -0.1) is 0 Å². The first-order valence-electron chi connectivity index (χ1n) is 6.29. The van der Waals surface area contributed by atoms with E-state index in [0.29, 0.717) is 12.0 Å². The van der Waals surface area contributed by atoms with Gasteiger partial charge in [-0.2, -0.15) is 5.10 Å². The minimum Gasteiger partial charge on any atom is -0.369 e. The van der Waals surface area contributed by atoms with Gasteiger partial charge in [0.25, 0.3) is 0 Å². The van der Waals surface area contributed by atoms with Crippen molar-refractivity contribution >= 4 is 21.7 Å². The van der Waals surface area contributed by atoms with Gasteiger partial charge < -0.3 is 5.32 Å². The predicted molar refractivity (Wildman–Crippen MR) is 69.0 cm³/mol. The van der Waals surface area contributed by atoms with Gasteiger partial charge in [0.05, 0.1) is 16.2 Å². The zero-order valence-corrected chi connectivity index (χ0v) is 11.3. The molecule has 2 aliphatic rings. The SMILES string of the molecule is CC1CCNc2c(Br)c(C3CCCC3)nn21. The Balaban J connectivity index is 2.00. The molecule has 1 aromatic rings. The van der Waals surface area contributed by atoms with Gasteiger partial charge in [0.1, 0.15) is 5.82 Å². The molecule has 16 heavy (non-hydrogen) atoms. The molecule has 0 bridgehead atoms. The van der Waals surface area contributed by atoms with Crippen LogP contribution in [0.25, 0.3) is 0 Å². The summed E-state index contributed by atoms with van der Waals surface area (Å²) in [6.45, 7) is 3.32. The molecule has 0 radical (unpaired) electrons. The lowest BCUT2D eigenvalue weighted by atomic mass is 10.0. The van der Waals surface area contributed by atoms with Gasteiger partial charge in [-0.05, 0) is 42.1 Å². The lowest BCUT2D eigenvalue weighted by Crippen LogP contribution is -2.21. The molecule has 1 N–H and O–H groups in total. The van der Waals surface area contributed by atoms with E-state index in [1.807, 2.05) is 0 Å². The highest BCUT2D eigenvalue weighted by atomic mass is 79.9. The number of nitrogens with one attached hydrogen (secondary N) is 1. The van der Waals surface area contributed by atoms with E-state index >= 15 is 0 Å². The Hall–Kier alpha value is -0.510. The van der Waals surface area contributed by atoms with Crippen LogP contribution in [0.5, 0.6) is 0 Å². The monoisotopic (exact) mass is 283 g/mol. The predicted octanol–water partition coefficient (Wildman–Crippen LogP) is 3.68. The first-order valence-corrected chi connectivity index (χ1v) is 7.08. The van der Waals surface area contributed by atoms with Crippen molar-refractivity contribution in [3.05, 3.63) is 10.2 Å². The molecule has 1 aliphatic carbocycles. The third kappa shape index (κ3) is 1.58. The minimum atomic E-state index is 0.530. The zero-order chi connectivity index (χ0) is 11.1. The summed E-state index contributed by atoms with van der Waals surface area (Å²) < 4.78 is 3.38. The molecular formula is C12H18BrN3. The van der Waals surface area contributed by atoms with Crippen LogP contribution in [-0.2, 0) is 0 Å². The summed E-state index contributed by atoms with van der Waals surface area (Å²) in [6, 6.07) is 0.530. The van der Waals surface area contributed by atoms with E-state index in [1.165, 1.54) is 48.1 Å². The Morgan fingerprint density at radius 2 is 2.06 bits per heavy atom. The second kappa shape index (κ2) is 4.06. The topological polar surface area (TPSA) is 29.9 Å². The van der Waals surface area contributed by atoms with E-state index in [-0.39, 0.29) is 0 Å². The lowest BCUT2D eigenvalue weighted by molar-refractivity contribution is 0.446. The molecule has 1 atom stereocenters. The highest BCUT2D eigenvalue weighted by Crippen LogP contribution is 2.41. The molecule has 3 nitrogen and oxygen atoms in total. The number of fused-ring (bicyclic) bond motifs is 1. The first kappa shape index (κ1) is 10.6. The Morgan fingerprint density at radius 3 is 2.75 bits per heavy atom. The van der Waals surface area contributed by atoms with Crippen LogP contribution in [0.15, 0.2) is 4.47 Å². The van der Waals surface area contributed by atoms with E-state index in [9.17, 15) is 0 Å². The average molecular weight is 284 g/mol. The second-order valence-corrected chi connectivity index (χ2v) is 5.83. The minimum absolute atomic E-state index is 0.530. The van der Waals surface area contributed by atoms with Gasteiger partial charge >= 0.3 is 0 Å². The Labute approximate surface area is 105 Å². The number of aromatic nitrogens is 2. The number of nitrogens with zero attached hydrogens (tertiary/aromatic N) is 2. The maximum atomic E-state index is 4.82. The highest BCUT2D eigenvalue weighted by Gasteiger charge is 2.28. The zero-order valence-electron chi connectivity index (χ0n) is 9.67. The largest absolute Gasteiger partial charge is 0.369 e. The molecule has 1 saturated carbocycles. The van der Waals surface area contributed by atoms with Gasteiger partial charge in [-0.3, -0.25) is 0 Å². The number of anilines is 1. The summed E-state index contributed by atoms with van der Waals surface area (Å²) >= 11 is 3.73. The number of hydrogen-bond donors (Lipinski definition) is 1. The molecule has 1 unspecified atom stereocenters. The van der Waals surface area contributed by atoms with Crippen molar-refractivity contribution < 1.29 is 0 Å². The molecule has 0 amide bonds. The van der Waals surface area contributed by atoms with Crippen molar-refractivity contribution in [1.29, 1.82) is 0 Å². The molecule has 1 fully saturated rings. The molecule has 88 valence electrons.